The Morgan fingerprint density at radius 2 is 2.18 bits per heavy atom. The Labute approximate surface area is 163 Å². The van der Waals surface area contributed by atoms with Crippen molar-refractivity contribution in [3.8, 4) is 0 Å². The molecule has 7 heteroatoms. The van der Waals surface area contributed by atoms with E-state index in [1.54, 1.807) is 10.9 Å². The lowest BCUT2D eigenvalue weighted by molar-refractivity contribution is -0.114. The predicted octanol–water partition coefficient (Wildman–Crippen LogP) is 2.81. The summed E-state index contributed by atoms with van der Waals surface area (Å²) in [4.78, 5) is 23.0. The molecule has 0 amide bonds. The number of allylic oxidation sites excluding steroid dienone is 1. The van der Waals surface area contributed by atoms with E-state index >= 15 is 0 Å². The molecule has 1 aliphatic rings. The van der Waals surface area contributed by atoms with Crippen molar-refractivity contribution in [3.05, 3.63) is 72.2 Å². The highest BCUT2D eigenvalue weighted by Crippen LogP contribution is 2.28. The van der Waals surface area contributed by atoms with Crippen molar-refractivity contribution < 1.29 is 4.79 Å². The molecule has 1 N–H and O–H groups in total. The van der Waals surface area contributed by atoms with Crippen LogP contribution in [0.15, 0.2) is 55.5 Å². The van der Waals surface area contributed by atoms with Gasteiger partial charge in [-0.15, -0.1) is 0 Å². The Balaban J connectivity index is 1.51. The first-order chi connectivity index (χ1) is 13.6. The number of rotatable bonds is 7. The van der Waals surface area contributed by atoms with Gasteiger partial charge in [0.05, 0.1) is 11.9 Å². The molecule has 3 heterocycles. The number of carbonyl (C=O) groups is 1. The molecule has 0 aliphatic carbocycles. The van der Waals surface area contributed by atoms with Crippen LogP contribution in [-0.4, -0.2) is 32.1 Å². The Hall–Kier alpha value is -3.48. The summed E-state index contributed by atoms with van der Waals surface area (Å²) in [6.07, 6.45) is 8.19. The largest absolute Gasteiger partial charge is 0.352 e. The van der Waals surface area contributed by atoms with Gasteiger partial charge in [0.25, 0.3) is 0 Å². The topological polar surface area (TPSA) is 75.9 Å². The van der Waals surface area contributed by atoms with Crippen molar-refractivity contribution in [1.29, 1.82) is 0 Å². The van der Waals surface area contributed by atoms with Gasteiger partial charge in [0.1, 0.15) is 5.82 Å². The summed E-state index contributed by atoms with van der Waals surface area (Å²) in [5.74, 6) is 1.54. The fourth-order valence-electron chi connectivity index (χ4n) is 3.37. The maximum absolute atomic E-state index is 11.6. The van der Waals surface area contributed by atoms with Gasteiger partial charge in [-0.25, -0.2) is 4.98 Å². The normalized spacial score (nSPS) is 12.7. The summed E-state index contributed by atoms with van der Waals surface area (Å²) in [6, 6.07) is 8.12. The van der Waals surface area contributed by atoms with Gasteiger partial charge in [0, 0.05) is 44.5 Å². The lowest BCUT2D eigenvalue weighted by atomic mass is 10.1. The summed E-state index contributed by atoms with van der Waals surface area (Å²) >= 11 is 0. The van der Waals surface area contributed by atoms with Gasteiger partial charge in [-0.05, 0) is 23.6 Å². The van der Waals surface area contributed by atoms with Crippen LogP contribution in [0.1, 0.15) is 16.7 Å². The second kappa shape index (κ2) is 7.64. The first kappa shape index (κ1) is 17.9. The third-order valence-corrected chi connectivity index (χ3v) is 4.72. The number of ketones is 1. The van der Waals surface area contributed by atoms with E-state index in [4.69, 9.17) is 4.98 Å². The number of aromatic nitrogens is 4. The Kier molecular flexibility index (Phi) is 4.89. The fraction of sp³-hybridized carbons (Fsp3) is 0.238. The molecule has 0 spiro atoms. The van der Waals surface area contributed by atoms with E-state index in [0.29, 0.717) is 12.4 Å². The third-order valence-electron chi connectivity index (χ3n) is 4.72. The van der Waals surface area contributed by atoms with Crippen LogP contribution in [0.2, 0.25) is 0 Å². The molecule has 0 atom stereocenters. The summed E-state index contributed by atoms with van der Waals surface area (Å²) in [5.41, 5.74) is 4.16. The van der Waals surface area contributed by atoms with E-state index in [2.05, 4.69) is 39.0 Å². The SMILES string of the molecule is C=CC(=O)Cc1cccc(CN2CCc3cnc(Nc4cnn(C)c4)nc32)c1. The monoisotopic (exact) mass is 374 g/mol. The standard InChI is InChI=1S/C21H22N6O/c1-3-19(28)10-15-5-4-6-16(9-15)13-27-8-7-17-11-22-21(25-20(17)27)24-18-12-23-26(2)14-18/h3-6,9,11-12,14H,1,7-8,10,13H2,2H3,(H,22,24,25). The molecule has 0 saturated carbocycles. The van der Waals surface area contributed by atoms with Gasteiger partial charge in [-0.3, -0.25) is 9.48 Å². The Bertz CT molecular complexity index is 1030. The predicted molar refractivity (Wildman–Crippen MR) is 109 cm³/mol. The lowest BCUT2D eigenvalue weighted by Gasteiger charge is -2.19. The van der Waals surface area contributed by atoms with Crippen LogP contribution in [0, 0.1) is 0 Å². The number of aryl methyl sites for hydroxylation is 1. The van der Waals surface area contributed by atoms with E-state index in [1.807, 2.05) is 31.6 Å². The van der Waals surface area contributed by atoms with Crippen LogP contribution >= 0.6 is 0 Å². The van der Waals surface area contributed by atoms with Gasteiger partial charge in [0.2, 0.25) is 5.95 Å². The molecule has 0 radical (unpaired) electrons. The maximum atomic E-state index is 11.6. The average molecular weight is 374 g/mol. The zero-order valence-corrected chi connectivity index (χ0v) is 15.8. The second-order valence-electron chi connectivity index (χ2n) is 6.91. The van der Waals surface area contributed by atoms with Crippen molar-refractivity contribution in [2.45, 2.75) is 19.4 Å². The first-order valence-corrected chi connectivity index (χ1v) is 9.20. The van der Waals surface area contributed by atoms with Gasteiger partial charge in [-0.1, -0.05) is 30.8 Å². The van der Waals surface area contributed by atoms with Crippen molar-refractivity contribution in [3.63, 3.8) is 0 Å². The van der Waals surface area contributed by atoms with Crippen LogP contribution < -0.4 is 10.2 Å². The molecule has 142 valence electrons. The molecular weight excluding hydrogens is 352 g/mol. The number of carbonyl (C=O) groups excluding carboxylic acids is 1. The van der Waals surface area contributed by atoms with E-state index in [1.165, 1.54) is 6.08 Å². The zero-order chi connectivity index (χ0) is 19.5. The number of hydrogen-bond acceptors (Lipinski definition) is 6. The molecule has 2 aromatic heterocycles. The van der Waals surface area contributed by atoms with Crippen LogP contribution in [0.4, 0.5) is 17.5 Å². The van der Waals surface area contributed by atoms with Crippen molar-refractivity contribution >= 4 is 23.2 Å². The fourth-order valence-corrected chi connectivity index (χ4v) is 3.37. The molecule has 28 heavy (non-hydrogen) atoms. The molecule has 7 nitrogen and oxygen atoms in total. The highest BCUT2D eigenvalue weighted by molar-refractivity contribution is 5.90. The Morgan fingerprint density at radius 1 is 1.32 bits per heavy atom. The molecule has 3 aromatic rings. The van der Waals surface area contributed by atoms with Gasteiger partial charge >= 0.3 is 0 Å². The van der Waals surface area contributed by atoms with Crippen LogP contribution in [0.5, 0.6) is 0 Å². The summed E-state index contributed by atoms with van der Waals surface area (Å²) < 4.78 is 1.73. The molecule has 0 fully saturated rings. The maximum Gasteiger partial charge on any atom is 0.229 e. The molecule has 4 rings (SSSR count). The summed E-state index contributed by atoms with van der Waals surface area (Å²) in [6.45, 7) is 5.19. The molecular formula is C21H22N6O. The molecule has 1 aromatic carbocycles. The number of benzene rings is 1. The van der Waals surface area contributed by atoms with Crippen molar-refractivity contribution in [2.75, 3.05) is 16.8 Å². The smallest absolute Gasteiger partial charge is 0.229 e. The summed E-state index contributed by atoms with van der Waals surface area (Å²) in [5, 5.41) is 7.35. The quantitative estimate of drug-likeness (QED) is 0.641. The average Bonchev–Trinajstić information content (AvgIpc) is 3.28. The van der Waals surface area contributed by atoms with Gasteiger partial charge < -0.3 is 10.2 Å². The molecule has 0 saturated heterocycles. The summed E-state index contributed by atoms with van der Waals surface area (Å²) in [7, 11) is 1.87. The third kappa shape index (κ3) is 3.93. The number of nitrogens with one attached hydrogen (secondary N) is 1. The second-order valence-corrected chi connectivity index (χ2v) is 6.91. The molecule has 0 unspecified atom stereocenters. The minimum absolute atomic E-state index is 0.0301. The van der Waals surface area contributed by atoms with Crippen molar-refractivity contribution in [2.24, 2.45) is 7.05 Å². The van der Waals surface area contributed by atoms with Crippen molar-refractivity contribution in [1.82, 2.24) is 19.7 Å². The minimum atomic E-state index is 0.0301. The van der Waals surface area contributed by atoms with Crippen LogP contribution in [0.3, 0.4) is 0 Å². The number of anilines is 3. The first-order valence-electron chi connectivity index (χ1n) is 9.20. The van der Waals surface area contributed by atoms with Crippen LogP contribution in [0.25, 0.3) is 0 Å². The number of hydrogen-bond donors (Lipinski definition) is 1. The highest BCUT2D eigenvalue weighted by atomic mass is 16.1. The van der Waals surface area contributed by atoms with Gasteiger partial charge in [-0.2, -0.15) is 10.1 Å². The van der Waals surface area contributed by atoms with E-state index < -0.39 is 0 Å². The number of fused-ring (bicyclic) bond motifs is 1. The zero-order valence-electron chi connectivity index (χ0n) is 15.8. The minimum Gasteiger partial charge on any atom is -0.352 e. The highest BCUT2D eigenvalue weighted by Gasteiger charge is 2.22. The van der Waals surface area contributed by atoms with E-state index in [9.17, 15) is 4.79 Å². The Morgan fingerprint density at radius 3 is 2.96 bits per heavy atom. The lowest BCUT2D eigenvalue weighted by Crippen LogP contribution is -2.21. The van der Waals surface area contributed by atoms with Crippen LogP contribution in [-0.2, 0) is 31.2 Å². The molecule has 1 aliphatic heterocycles. The van der Waals surface area contributed by atoms with E-state index in [0.717, 1.165) is 47.7 Å². The molecule has 0 bridgehead atoms. The van der Waals surface area contributed by atoms with E-state index in [-0.39, 0.29) is 5.78 Å². The number of nitrogens with zero attached hydrogens (tertiary/aromatic N) is 5. The van der Waals surface area contributed by atoms with Gasteiger partial charge in [0.15, 0.2) is 5.78 Å².